The summed E-state index contributed by atoms with van der Waals surface area (Å²) in [7, 11) is 1.60. The van der Waals surface area contributed by atoms with Crippen molar-refractivity contribution in [1.82, 2.24) is 5.32 Å². The average Bonchev–Trinajstić information content (AvgIpc) is 2.61. The molecule has 0 heterocycles. The molecule has 1 amide bonds. The lowest BCUT2D eigenvalue weighted by Gasteiger charge is -2.13. The maximum atomic E-state index is 12.1. The fraction of sp³-hybridized carbons (Fsp3) is 0.316. The van der Waals surface area contributed by atoms with E-state index in [0.717, 1.165) is 11.1 Å². The maximum Gasteiger partial charge on any atom is 0.222 e. The highest BCUT2D eigenvalue weighted by Crippen LogP contribution is 2.28. The van der Waals surface area contributed by atoms with Crippen molar-refractivity contribution in [2.45, 2.75) is 25.9 Å². The van der Waals surface area contributed by atoms with Gasteiger partial charge in [-0.25, -0.2) is 0 Å². The van der Waals surface area contributed by atoms with Crippen LogP contribution in [0.25, 0.3) is 0 Å². The van der Waals surface area contributed by atoms with E-state index < -0.39 is 0 Å². The van der Waals surface area contributed by atoms with Crippen LogP contribution in [0.4, 0.5) is 0 Å². The number of nitrogens with one attached hydrogen (secondary N) is 1. The van der Waals surface area contributed by atoms with E-state index in [1.54, 1.807) is 7.11 Å². The highest BCUT2D eigenvalue weighted by molar-refractivity contribution is 5.76. The molecule has 0 aliphatic heterocycles. The number of amides is 1. The van der Waals surface area contributed by atoms with Crippen molar-refractivity contribution in [2.75, 3.05) is 13.7 Å². The third-order valence-corrected chi connectivity index (χ3v) is 3.65. The van der Waals surface area contributed by atoms with E-state index in [1.807, 2.05) is 55.5 Å². The second-order valence-electron chi connectivity index (χ2n) is 5.42. The van der Waals surface area contributed by atoms with Gasteiger partial charge in [0, 0.05) is 19.0 Å². The number of carbonyl (C=O) groups excluding carboxylic acids is 1. The second kappa shape index (κ2) is 8.93. The molecule has 0 saturated heterocycles. The number of methoxy groups -OCH3 is 1. The molecule has 0 spiro atoms. The smallest absolute Gasteiger partial charge is 0.222 e. The Balaban J connectivity index is 1.89. The first kappa shape index (κ1) is 17.8. The zero-order valence-electron chi connectivity index (χ0n) is 14.1. The molecule has 0 fully saturated rings. The average molecular weight is 328 g/mol. The topological polar surface area (TPSA) is 73.6 Å². The molecule has 0 aliphatic carbocycles. The summed E-state index contributed by atoms with van der Waals surface area (Å²) < 4.78 is 10.8. The molecule has 1 atom stereocenters. The summed E-state index contributed by atoms with van der Waals surface area (Å²) in [6, 6.07) is 14.9. The van der Waals surface area contributed by atoms with Gasteiger partial charge in [0.25, 0.3) is 0 Å². The van der Waals surface area contributed by atoms with Crippen LogP contribution in [-0.2, 0) is 11.3 Å². The molecule has 1 unspecified atom stereocenters. The van der Waals surface area contributed by atoms with Crippen molar-refractivity contribution in [3.8, 4) is 11.5 Å². The summed E-state index contributed by atoms with van der Waals surface area (Å²) in [6.45, 7) is 2.91. The van der Waals surface area contributed by atoms with Crippen molar-refractivity contribution < 1.29 is 14.3 Å². The van der Waals surface area contributed by atoms with Gasteiger partial charge in [-0.2, -0.15) is 0 Å². The van der Waals surface area contributed by atoms with Gasteiger partial charge in [-0.15, -0.1) is 0 Å². The molecule has 0 saturated carbocycles. The van der Waals surface area contributed by atoms with Gasteiger partial charge < -0.3 is 20.5 Å². The van der Waals surface area contributed by atoms with Crippen LogP contribution in [-0.4, -0.2) is 19.6 Å². The maximum absolute atomic E-state index is 12.1. The molecule has 0 radical (unpaired) electrons. The van der Waals surface area contributed by atoms with E-state index in [0.29, 0.717) is 24.7 Å². The minimum Gasteiger partial charge on any atom is -0.493 e. The van der Waals surface area contributed by atoms with E-state index in [1.165, 1.54) is 0 Å². The van der Waals surface area contributed by atoms with Crippen molar-refractivity contribution >= 4 is 5.91 Å². The first-order valence-corrected chi connectivity index (χ1v) is 8.01. The van der Waals surface area contributed by atoms with E-state index in [2.05, 4.69) is 5.32 Å². The van der Waals surface area contributed by atoms with Crippen LogP contribution in [0.3, 0.4) is 0 Å². The quantitative estimate of drug-likeness (QED) is 0.781. The minimum atomic E-state index is -0.305. The molecule has 0 bridgehead atoms. The fourth-order valence-electron chi connectivity index (χ4n) is 2.39. The van der Waals surface area contributed by atoms with Gasteiger partial charge in [-0.1, -0.05) is 36.4 Å². The number of rotatable bonds is 8. The Bertz CT molecular complexity index is 659. The molecule has 2 aromatic rings. The normalized spacial score (nSPS) is 11.6. The zero-order chi connectivity index (χ0) is 17.4. The lowest BCUT2D eigenvalue weighted by Crippen LogP contribution is -2.27. The second-order valence-corrected chi connectivity index (χ2v) is 5.42. The summed E-state index contributed by atoms with van der Waals surface area (Å²) >= 11 is 0. The van der Waals surface area contributed by atoms with E-state index in [4.69, 9.17) is 15.2 Å². The largest absolute Gasteiger partial charge is 0.493 e. The van der Waals surface area contributed by atoms with Crippen LogP contribution in [0.1, 0.15) is 30.5 Å². The van der Waals surface area contributed by atoms with Gasteiger partial charge in [0.2, 0.25) is 5.91 Å². The van der Waals surface area contributed by atoms with Gasteiger partial charge in [0.1, 0.15) is 0 Å². The Morgan fingerprint density at radius 3 is 2.58 bits per heavy atom. The Morgan fingerprint density at radius 2 is 1.92 bits per heavy atom. The lowest BCUT2D eigenvalue weighted by atomic mass is 10.0. The van der Waals surface area contributed by atoms with E-state index in [9.17, 15) is 4.79 Å². The molecule has 5 nitrogen and oxygen atoms in total. The summed E-state index contributed by atoms with van der Waals surface area (Å²) in [5.74, 6) is 1.27. The van der Waals surface area contributed by atoms with Gasteiger partial charge in [0.15, 0.2) is 11.5 Å². The van der Waals surface area contributed by atoms with Crippen LogP contribution in [0.2, 0.25) is 0 Å². The van der Waals surface area contributed by atoms with E-state index in [-0.39, 0.29) is 18.4 Å². The first-order valence-electron chi connectivity index (χ1n) is 8.01. The number of hydrogen-bond acceptors (Lipinski definition) is 4. The monoisotopic (exact) mass is 328 g/mol. The summed E-state index contributed by atoms with van der Waals surface area (Å²) in [4.78, 5) is 12.1. The van der Waals surface area contributed by atoms with Crippen LogP contribution in [0.15, 0.2) is 48.5 Å². The molecule has 0 aromatic heterocycles. The molecule has 2 rings (SSSR count). The number of carbonyl (C=O) groups is 1. The third-order valence-electron chi connectivity index (χ3n) is 3.65. The Morgan fingerprint density at radius 1 is 1.17 bits per heavy atom. The van der Waals surface area contributed by atoms with Gasteiger partial charge in [0.05, 0.1) is 13.7 Å². The highest BCUT2D eigenvalue weighted by atomic mass is 16.5. The first-order chi connectivity index (χ1) is 11.6. The fourth-order valence-corrected chi connectivity index (χ4v) is 2.39. The predicted octanol–water partition coefficient (Wildman–Crippen LogP) is 2.80. The zero-order valence-corrected chi connectivity index (χ0v) is 14.1. The molecule has 24 heavy (non-hydrogen) atoms. The molecule has 128 valence electrons. The summed E-state index contributed by atoms with van der Waals surface area (Å²) in [5, 5.41) is 2.89. The molecular weight excluding hydrogens is 304 g/mol. The summed E-state index contributed by atoms with van der Waals surface area (Å²) in [6.07, 6.45) is 0.248. The standard InChI is InChI=1S/C19H24N2O3/c1-3-24-17-10-9-14(11-18(17)23-2)13-21-19(22)12-16(20)15-7-5-4-6-8-15/h4-11,16H,3,12-13,20H2,1-2H3,(H,21,22). The van der Waals surface area contributed by atoms with E-state index >= 15 is 0 Å². The number of ether oxygens (including phenoxy) is 2. The van der Waals surface area contributed by atoms with Gasteiger partial charge >= 0.3 is 0 Å². The predicted molar refractivity (Wildman–Crippen MR) is 94.0 cm³/mol. The molecule has 0 aliphatic rings. The SMILES string of the molecule is CCOc1ccc(CNC(=O)CC(N)c2ccccc2)cc1OC. The summed E-state index contributed by atoms with van der Waals surface area (Å²) in [5.41, 5.74) is 7.96. The lowest BCUT2D eigenvalue weighted by molar-refractivity contribution is -0.121. The third kappa shape index (κ3) is 4.99. The highest BCUT2D eigenvalue weighted by Gasteiger charge is 2.12. The molecule has 3 N–H and O–H groups in total. The molecular formula is C19H24N2O3. The Labute approximate surface area is 142 Å². The number of hydrogen-bond donors (Lipinski definition) is 2. The number of nitrogens with two attached hydrogens (primary N) is 1. The molecule has 5 heteroatoms. The Kier molecular flexibility index (Phi) is 6.63. The minimum absolute atomic E-state index is 0.0841. The van der Waals surface area contributed by atoms with Crippen LogP contribution < -0.4 is 20.5 Å². The van der Waals surface area contributed by atoms with Crippen molar-refractivity contribution in [3.05, 3.63) is 59.7 Å². The van der Waals surface area contributed by atoms with Crippen molar-refractivity contribution in [2.24, 2.45) is 5.73 Å². The van der Waals surface area contributed by atoms with Gasteiger partial charge in [-0.3, -0.25) is 4.79 Å². The van der Waals surface area contributed by atoms with Crippen LogP contribution >= 0.6 is 0 Å². The van der Waals surface area contributed by atoms with Crippen molar-refractivity contribution in [3.63, 3.8) is 0 Å². The van der Waals surface area contributed by atoms with Crippen molar-refractivity contribution in [1.29, 1.82) is 0 Å². The Hall–Kier alpha value is -2.53. The van der Waals surface area contributed by atoms with Crippen LogP contribution in [0.5, 0.6) is 11.5 Å². The van der Waals surface area contributed by atoms with Crippen LogP contribution in [0, 0.1) is 0 Å². The molecule has 2 aromatic carbocycles. The number of benzene rings is 2. The van der Waals surface area contributed by atoms with Gasteiger partial charge in [-0.05, 0) is 30.2 Å².